The summed E-state index contributed by atoms with van der Waals surface area (Å²) >= 11 is 0. The summed E-state index contributed by atoms with van der Waals surface area (Å²) in [5.41, 5.74) is 11.2. The van der Waals surface area contributed by atoms with Crippen molar-refractivity contribution in [1.82, 2.24) is 15.0 Å². The molecule has 62 heavy (non-hydrogen) atoms. The SMILES string of the molecule is [B]c1c([B])c([B])c2c(oc3c(-c4cc(-c5ccccc5)cc(-c5nc(-c6ccc(-c7ccccc7)cc6)nc(-c6ccc(-c7ccccc7)cc6)n5)c4)c([B])c([B])c([B])c32)c1[B]. The predicted molar refractivity (Wildman–Crippen MR) is 263 cm³/mol. The Hall–Kier alpha value is -6.98. The fourth-order valence-corrected chi connectivity index (χ4v) is 8.03. The second kappa shape index (κ2) is 15.8. The summed E-state index contributed by atoms with van der Waals surface area (Å²) in [5.74, 6) is 1.43. The van der Waals surface area contributed by atoms with E-state index in [4.69, 9.17) is 74.3 Å². The van der Waals surface area contributed by atoms with Gasteiger partial charge in [0.25, 0.3) is 0 Å². The van der Waals surface area contributed by atoms with Crippen LogP contribution in [0.2, 0.25) is 0 Å². The first-order valence-electron chi connectivity index (χ1n) is 19.9. The summed E-state index contributed by atoms with van der Waals surface area (Å²) in [5, 5.41) is 0.823. The van der Waals surface area contributed by atoms with Crippen LogP contribution in [0.5, 0.6) is 0 Å². The van der Waals surface area contributed by atoms with E-state index in [0.717, 1.165) is 44.5 Å². The highest BCUT2D eigenvalue weighted by molar-refractivity contribution is 6.69. The lowest BCUT2D eigenvalue weighted by Crippen LogP contribution is -2.47. The highest BCUT2D eigenvalue weighted by Gasteiger charge is 2.24. The van der Waals surface area contributed by atoms with Crippen LogP contribution in [0, 0.1) is 0 Å². The van der Waals surface area contributed by atoms with E-state index in [0.29, 0.717) is 50.5 Å². The van der Waals surface area contributed by atoms with E-state index >= 15 is 0 Å². The van der Waals surface area contributed by atoms with Crippen molar-refractivity contribution in [3.05, 3.63) is 158 Å². The van der Waals surface area contributed by atoms with Gasteiger partial charge in [-0.05, 0) is 57.1 Å². The van der Waals surface area contributed by atoms with Crippen molar-refractivity contribution < 1.29 is 4.42 Å². The Morgan fingerprint density at radius 1 is 0.274 bits per heavy atom. The minimum absolute atomic E-state index is 0.106. The molecule has 0 amide bonds. The molecule has 8 aromatic carbocycles. The summed E-state index contributed by atoms with van der Waals surface area (Å²) in [6, 6.07) is 52.8. The molecule has 0 saturated heterocycles. The monoisotopic (exact) mass is 773 g/mol. The quantitative estimate of drug-likeness (QED) is 0.215. The normalized spacial score (nSPS) is 11.4. The van der Waals surface area contributed by atoms with Crippen LogP contribution in [0.15, 0.2) is 162 Å². The fourth-order valence-electron chi connectivity index (χ4n) is 8.03. The molecule has 0 aliphatic rings. The summed E-state index contributed by atoms with van der Waals surface area (Å²) in [6.45, 7) is 0. The zero-order valence-electron chi connectivity index (χ0n) is 33.3. The number of aromatic nitrogens is 3. The van der Waals surface area contributed by atoms with Crippen molar-refractivity contribution in [2.75, 3.05) is 0 Å². The molecule has 14 radical (unpaired) electrons. The Bertz CT molecular complexity index is 3240. The first-order chi connectivity index (χ1) is 30.1. The van der Waals surface area contributed by atoms with E-state index in [1.54, 1.807) is 0 Å². The molecule has 11 heteroatoms. The molecule has 0 aliphatic carbocycles. The molecule has 0 bridgehead atoms. The number of hydrogen-bond acceptors (Lipinski definition) is 4. The van der Waals surface area contributed by atoms with Gasteiger partial charge in [0, 0.05) is 33.0 Å². The van der Waals surface area contributed by atoms with Crippen LogP contribution in [0.1, 0.15) is 0 Å². The molecule has 0 spiro atoms. The Labute approximate surface area is 369 Å². The van der Waals surface area contributed by atoms with Crippen molar-refractivity contribution in [2.45, 2.75) is 0 Å². The maximum absolute atomic E-state index is 6.91. The number of nitrogens with zero attached hydrogens (tertiary/aromatic N) is 3. The maximum atomic E-state index is 6.91. The number of hydrogen-bond donors (Lipinski definition) is 0. The number of rotatable bonds is 7. The predicted octanol–water partition coefficient (Wildman–Crippen LogP) is 5.00. The Balaban J connectivity index is 1.21. The molecule has 4 nitrogen and oxygen atoms in total. The molecule has 0 fully saturated rings. The molecular formula is C51H26B7N3O. The molecule has 0 aliphatic heterocycles. The topological polar surface area (TPSA) is 51.8 Å². The smallest absolute Gasteiger partial charge is 0.164 e. The van der Waals surface area contributed by atoms with Gasteiger partial charge in [-0.3, -0.25) is 0 Å². The van der Waals surface area contributed by atoms with E-state index in [-0.39, 0.29) is 43.8 Å². The first-order valence-corrected chi connectivity index (χ1v) is 19.9. The average Bonchev–Trinajstić information content (AvgIpc) is 3.73. The van der Waals surface area contributed by atoms with Crippen LogP contribution in [0.3, 0.4) is 0 Å². The maximum Gasteiger partial charge on any atom is 0.164 e. The third-order valence-electron chi connectivity index (χ3n) is 11.4. The average molecular weight is 772 g/mol. The third kappa shape index (κ3) is 6.82. The van der Waals surface area contributed by atoms with E-state index in [1.807, 2.05) is 109 Å². The minimum Gasteiger partial charge on any atom is -0.456 e. The molecule has 0 unspecified atom stereocenters. The molecule has 10 aromatic rings. The molecule has 2 aromatic heterocycles. The van der Waals surface area contributed by atoms with Crippen LogP contribution in [-0.4, -0.2) is 69.9 Å². The summed E-state index contributed by atoms with van der Waals surface area (Å²) in [6.07, 6.45) is 0. The fraction of sp³-hybridized carbons (Fsp3) is 0. The van der Waals surface area contributed by atoms with Crippen molar-refractivity contribution in [1.29, 1.82) is 0 Å². The van der Waals surface area contributed by atoms with Gasteiger partial charge in [-0.2, -0.15) is 0 Å². The van der Waals surface area contributed by atoms with Crippen molar-refractivity contribution >= 4 is 115 Å². The summed E-state index contributed by atoms with van der Waals surface area (Å²) < 4.78 is 6.53. The number of furan rings is 1. The van der Waals surface area contributed by atoms with Crippen LogP contribution < -0.4 is 38.2 Å². The summed E-state index contributed by atoms with van der Waals surface area (Å²) in [4.78, 5) is 15.4. The van der Waals surface area contributed by atoms with Gasteiger partial charge in [0.2, 0.25) is 0 Å². The van der Waals surface area contributed by atoms with E-state index in [2.05, 4.69) is 48.5 Å². The standard InChI is InChI=1S/C51H26B7N3O/c52-40-37(47-38(41(53)43(40)55)39-42(54)44(56)45(57)46(58)48(39)62-47)35-24-34(29-14-8-3-9-15-29)25-36(26-35)51-60-49(32-20-16-30(17-21-32)27-10-4-1-5-11-27)59-50(61-51)33-22-18-31(19-23-33)28-12-6-2-7-13-28/h1-26H. The van der Waals surface area contributed by atoms with Crippen molar-refractivity contribution in [3.8, 4) is 78.7 Å². The molecule has 272 valence electrons. The van der Waals surface area contributed by atoms with E-state index in [9.17, 15) is 0 Å². The Kier molecular flexibility index (Phi) is 9.99. The van der Waals surface area contributed by atoms with Gasteiger partial charge >= 0.3 is 0 Å². The highest BCUT2D eigenvalue weighted by Crippen LogP contribution is 2.37. The number of fused-ring (bicyclic) bond motifs is 3. The minimum atomic E-state index is 0.106. The lowest BCUT2D eigenvalue weighted by Gasteiger charge is -2.18. The Morgan fingerprint density at radius 2 is 0.613 bits per heavy atom. The largest absolute Gasteiger partial charge is 0.456 e. The molecular weight excluding hydrogens is 746 g/mol. The number of benzene rings is 8. The lowest BCUT2D eigenvalue weighted by atomic mass is 9.64. The van der Waals surface area contributed by atoms with Gasteiger partial charge in [-0.15, -0.1) is 16.4 Å². The van der Waals surface area contributed by atoms with Crippen LogP contribution >= 0.6 is 0 Å². The second-order valence-corrected chi connectivity index (χ2v) is 15.1. The second-order valence-electron chi connectivity index (χ2n) is 15.1. The first kappa shape index (κ1) is 39.2. The zero-order chi connectivity index (χ0) is 42.6. The van der Waals surface area contributed by atoms with E-state index < -0.39 is 0 Å². The highest BCUT2D eigenvalue weighted by atomic mass is 16.3. The van der Waals surface area contributed by atoms with Crippen molar-refractivity contribution in [2.24, 2.45) is 0 Å². The van der Waals surface area contributed by atoms with Crippen molar-refractivity contribution in [3.63, 3.8) is 0 Å². The van der Waals surface area contributed by atoms with Crippen LogP contribution in [0.4, 0.5) is 0 Å². The van der Waals surface area contributed by atoms with Gasteiger partial charge in [0.15, 0.2) is 17.5 Å². The van der Waals surface area contributed by atoms with Gasteiger partial charge in [0.1, 0.15) is 66.1 Å². The lowest BCUT2D eigenvalue weighted by molar-refractivity contribution is 0.673. The van der Waals surface area contributed by atoms with Gasteiger partial charge in [-0.25, -0.2) is 15.0 Å². The molecule has 0 N–H and O–H groups in total. The molecule has 2 heterocycles. The summed E-state index contributed by atoms with van der Waals surface area (Å²) in [7, 11) is 46.0. The zero-order valence-corrected chi connectivity index (χ0v) is 33.3. The third-order valence-corrected chi connectivity index (χ3v) is 11.4. The molecule has 10 rings (SSSR count). The molecule has 0 atom stereocenters. The van der Waals surface area contributed by atoms with Gasteiger partial charge < -0.3 is 4.42 Å². The van der Waals surface area contributed by atoms with Gasteiger partial charge in [0.05, 0.1) is 0 Å². The van der Waals surface area contributed by atoms with Crippen LogP contribution in [0.25, 0.3) is 101 Å². The Morgan fingerprint density at radius 3 is 1.10 bits per heavy atom. The van der Waals surface area contributed by atoms with Crippen LogP contribution in [-0.2, 0) is 0 Å². The van der Waals surface area contributed by atoms with E-state index in [1.165, 1.54) is 0 Å². The molecule has 0 saturated carbocycles. The van der Waals surface area contributed by atoms with Gasteiger partial charge in [-0.1, -0.05) is 161 Å².